The summed E-state index contributed by atoms with van der Waals surface area (Å²) in [6.45, 7) is 5.81. The third-order valence-corrected chi connectivity index (χ3v) is 14.6. The smallest absolute Gasteiger partial charge is 0.397 e. The van der Waals surface area contributed by atoms with Gasteiger partial charge in [0.2, 0.25) is 0 Å². The van der Waals surface area contributed by atoms with Crippen molar-refractivity contribution in [2.24, 2.45) is 0 Å². The number of esters is 3. The minimum Gasteiger partial charge on any atom is -0.462 e. The van der Waals surface area contributed by atoms with Crippen molar-refractivity contribution in [1.82, 2.24) is 0 Å². The quantitative estimate of drug-likeness (QED) is 0.0168. The summed E-state index contributed by atoms with van der Waals surface area (Å²) < 4.78 is 126. The monoisotopic (exact) mass is 1170 g/mol. The number of allylic oxidation sites excluding steroid dienone is 3. The fraction of sp³-hybridized carbons (Fsp3) is 0.842. The van der Waals surface area contributed by atoms with E-state index in [1.807, 2.05) is 36.5 Å². The molecule has 4 atom stereocenters. The molecule has 0 aliphatic rings. The normalized spacial score (nSPS) is 14.1. The largest absolute Gasteiger partial charge is 0.462 e. The second-order valence-electron chi connectivity index (χ2n) is 20.5. The highest BCUT2D eigenvalue weighted by molar-refractivity contribution is 7.81. The molecule has 0 aromatic carbocycles. The molecule has 0 rings (SSSR count). The van der Waals surface area contributed by atoms with Gasteiger partial charge in [-0.2, -0.15) is 25.3 Å². The van der Waals surface area contributed by atoms with Crippen molar-refractivity contribution in [2.75, 3.05) is 13.2 Å². The summed E-state index contributed by atoms with van der Waals surface area (Å²) in [5, 5.41) is 0. The molecule has 0 spiro atoms. The lowest BCUT2D eigenvalue weighted by molar-refractivity contribution is -0.167. The first-order valence-corrected chi connectivity index (χ1v) is 33.8. The number of hydrogen-bond donors (Lipinski definition) is 3. The standard InChI is InChI=1S/C57H104O18S3/c1-4-7-10-31-40-51(73-76(61,62)63)43-34-25-19-13-16-22-28-37-46-55(58)70-49-54(72-57(60)48-39-30-24-18-15-21-27-36-45-53(75-78(67,68)69)42-33-12-9-6-3)50-71-56(59)47-38-29-23-17-14-20-26-35-44-52(74-77(64,65)66)41-32-11-8-5-2/h25-27,34-36,51-54H,4-24,28-33,37-50H2,1-3H3,(H,61,62,63)(H,64,65,66)(H,67,68,69)/b34-25+,35-26?,36-27+. The van der Waals surface area contributed by atoms with Gasteiger partial charge in [0.15, 0.2) is 6.10 Å². The summed E-state index contributed by atoms with van der Waals surface area (Å²) in [5.74, 6) is -1.35. The Morgan fingerprint density at radius 1 is 0.346 bits per heavy atom. The molecular formula is C57H104O18S3. The van der Waals surface area contributed by atoms with Gasteiger partial charge in [-0.05, 0) is 96.3 Å². The molecule has 0 saturated heterocycles. The molecular weight excluding hydrogens is 1070 g/mol. The van der Waals surface area contributed by atoms with Crippen LogP contribution >= 0.6 is 0 Å². The predicted octanol–water partition coefficient (Wildman–Crippen LogP) is 14.5. The molecule has 4 unspecified atom stereocenters. The van der Waals surface area contributed by atoms with Crippen LogP contribution in [0.15, 0.2) is 36.5 Å². The van der Waals surface area contributed by atoms with E-state index < -0.39 is 73.5 Å². The Bertz CT molecular complexity index is 1830. The van der Waals surface area contributed by atoms with Crippen molar-refractivity contribution in [3.63, 3.8) is 0 Å². The van der Waals surface area contributed by atoms with Crippen molar-refractivity contribution in [1.29, 1.82) is 0 Å². The lowest BCUT2D eigenvalue weighted by Gasteiger charge is -2.18. The van der Waals surface area contributed by atoms with Gasteiger partial charge in [0.1, 0.15) is 13.2 Å². The zero-order chi connectivity index (χ0) is 58.0. The Balaban J connectivity index is 4.89. The average molecular weight is 1170 g/mol. The van der Waals surface area contributed by atoms with Gasteiger partial charge in [-0.1, -0.05) is 192 Å². The second kappa shape index (κ2) is 50.0. The van der Waals surface area contributed by atoms with Crippen LogP contribution in [0.2, 0.25) is 0 Å². The van der Waals surface area contributed by atoms with E-state index in [1.165, 1.54) is 0 Å². The molecule has 0 aromatic heterocycles. The highest BCUT2D eigenvalue weighted by atomic mass is 32.3. The van der Waals surface area contributed by atoms with Crippen molar-refractivity contribution in [3.8, 4) is 0 Å². The molecule has 21 heteroatoms. The zero-order valence-electron chi connectivity index (χ0n) is 48.0. The Labute approximate surface area is 472 Å². The van der Waals surface area contributed by atoms with E-state index in [9.17, 15) is 39.6 Å². The minimum atomic E-state index is -4.52. The van der Waals surface area contributed by atoms with Crippen molar-refractivity contribution >= 4 is 49.1 Å². The number of carbonyl (C=O) groups is 3. The maximum atomic E-state index is 12.9. The molecule has 0 aliphatic carbocycles. The second-order valence-corrected chi connectivity index (χ2v) is 23.6. The van der Waals surface area contributed by atoms with Gasteiger partial charge in [-0.25, -0.2) is 12.5 Å². The van der Waals surface area contributed by atoms with Gasteiger partial charge in [0, 0.05) is 19.3 Å². The van der Waals surface area contributed by atoms with Crippen LogP contribution in [-0.4, -0.2) is 94.4 Å². The minimum absolute atomic E-state index is 0.154. The molecule has 78 heavy (non-hydrogen) atoms. The SMILES string of the molecule is CCCCCCC(CC=CCCCCCCCC(=O)OCC(COC(=O)CCCCCCC/C=C/CC(CCCCCC)OS(=O)(=O)O)OC(=O)CCCCCCC/C=C/CC(CCCCCC)OS(=O)(=O)O)OS(=O)(=O)O. The number of ether oxygens (including phenoxy) is 3. The third-order valence-electron chi connectivity index (χ3n) is 13.0. The van der Waals surface area contributed by atoms with Crippen molar-refractivity contribution in [2.45, 2.75) is 296 Å². The first kappa shape index (κ1) is 75.2. The first-order chi connectivity index (χ1) is 37.3. The van der Waals surface area contributed by atoms with Crippen molar-refractivity contribution < 1.29 is 80.1 Å². The topological polar surface area (TPSA) is 270 Å². The van der Waals surface area contributed by atoms with E-state index in [2.05, 4.69) is 20.8 Å². The summed E-state index contributed by atoms with van der Waals surface area (Å²) in [6.07, 6.45) is 39.1. The van der Waals surface area contributed by atoms with E-state index >= 15 is 0 Å². The van der Waals surface area contributed by atoms with Crippen LogP contribution in [0.3, 0.4) is 0 Å². The van der Waals surface area contributed by atoms with Gasteiger partial charge in [-0.3, -0.25) is 28.0 Å². The van der Waals surface area contributed by atoms with Crippen molar-refractivity contribution in [3.05, 3.63) is 36.5 Å². The highest BCUT2D eigenvalue weighted by Gasteiger charge is 2.21. The molecule has 0 amide bonds. The fourth-order valence-corrected chi connectivity index (χ4v) is 10.2. The van der Waals surface area contributed by atoms with Crippen LogP contribution in [0, 0.1) is 0 Å². The Morgan fingerprint density at radius 3 is 0.910 bits per heavy atom. The maximum Gasteiger partial charge on any atom is 0.397 e. The predicted molar refractivity (Wildman–Crippen MR) is 306 cm³/mol. The summed E-state index contributed by atoms with van der Waals surface area (Å²) in [5.41, 5.74) is 0. The number of hydrogen-bond acceptors (Lipinski definition) is 15. The molecule has 0 heterocycles. The van der Waals surface area contributed by atoms with Crippen LogP contribution < -0.4 is 0 Å². The number of unbranched alkanes of at least 4 members (excludes halogenated alkanes) is 24. The van der Waals surface area contributed by atoms with Crippen LogP contribution in [0.25, 0.3) is 0 Å². The Hall–Kier alpha value is -2.76. The van der Waals surface area contributed by atoms with Crippen LogP contribution in [-0.2, 0) is 72.3 Å². The average Bonchev–Trinajstić information content (AvgIpc) is 3.36. The Morgan fingerprint density at radius 2 is 0.615 bits per heavy atom. The molecule has 0 radical (unpaired) electrons. The van der Waals surface area contributed by atoms with Gasteiger partial charge in [0.25, 0.3) is 0 Å². The number of rotatable bonds is 56. The molecule has 3 N–H and O–H groups in total. The van der Waals surface area contributed by atoms with Gasteiger partial charge in [0.05, 0.1) is 18.3 Å². The zero-order valence-corrected chi connectivity index (χ0v) is 50.4. The third kappa shape index (κ3) is 55.2. The fourth-order valence-electron chi connectivity index (χ4n) is 8.69. The molecule has 0 fully saturated rings. The summed E-state index contributed by atoms with van der Waals surface area (Å²) in [6, 6.07) is 0. The lowest BCUT2D eigenvalue weighted by Crippen LogP contribution is -2.30. The van der Waals surface area contributed by atoms with E-state index in [0.717, 1.165) is 173 Å². The van der Waals surface area contributed by atoms with E-state index in [-0.39, 0.29) is 32.5 Å². The molecule has 0 aliphatic heterocycles. The molecule has 18 nitrogen and oxygen atoms in total. The van der Waals surface area contributed by atoms with Crippen LogP contribution in [0.5, 0.6) is 0 Å². The van der Waals surface area contributed by atoms with Crippen LogP contribution in [0.1, 0.15) is 271 Å². The molecule has 458 valence electrons. The van der Waals surface area contributed by atoms with Crippen LogP contribution in [0.4, 0.5) is 0 Å². The Kier molecular flexibility index (Phi) is 48.2. The molecule has 0 bridgehead atoms. The maximum absolute atomic E-state index is 12.9. The number of carbonyl (C=O) groups excluding carboxylic acids is 3. The van der Waals surface area contributed by atoms with Gasteiger partial charge < -0.3 is 14.2 Å². The summed E-state index contributed by atoms with van der Waals surface area (Å²) >= 11 is 0. The van der Waals surface area contributed by atoms with E-state index in [0.29, 0.717) is 57.8 Å². The summed E-state index contributed by atoms with van der Waals surface area (Å²) in [4.78, 5) is 38.4. The lowest BCUT2D eigenvalue weighted by atomic mass is 10.1. The molecule has 0 aromatic rings. The van der Waals surface area contributed by atoms with E-state index in [1.54, 1.807) is 0 Å². The first-order valence-electron chi connectivity index (χ1n) is 29.7. The van der Waals surface area contributed by atoms with Gasteiger partial charge in [-0.15, -0.1) is 0 Å². The van der Waals surface area contributed by atoms with E-state index in [4.69, 9.17) is 40.4 Å². The molecule has 0 saturated carbocycles. The van der Waals surface area contributed by atoms with Gasteiger partial charge >= 0.3 is 49.1 Å². The summed E-state index contributed by atoms with van der Waals surface area (Å²) in [7, 11) is -13.6. The highest BCUT2D eigenvalue weighted by Crippen LogP contribution is 2.19.